The van der Waals surface area contributed by atoms with E-state index in [9.17, 15) is 9.59 Å². The number of hydrogen-bond donors (Lipinski definition) is 0. The van der Waals surface area contributed by atoms with Crippen LogP contribution < -0.4 is 4.74 Å². The van der Waals surface area contributed by atoms with E-state index >= 15 is 0 Å². The molecule has 0 aliphatic heterocycles. The molecule has 0 aromatic heterocycles. The fourth-order valence-electron chi connectivity index (χ4n) is 6.62. The zero-order valence-corrected chi connectivity index (χ0v) is 17.3. The van der Waals surface area contributed by atoms with Crippen molar-refractivity contribution in [3.8, 4) is 5.75 Å². The third kappa shape index (κ3) is 3.15. The number of Topliss-reactive ketones (excluding diaryl/α,β-unsaturated/α-hetero) is 1. The van der Waals surface area contributed by atoms with E-state index in [4.69, 9.17) is 9.47 Å². The van der Waals surface area contributed by atoms with Gasteiger partial charge in [0.25, 0.3) is 0 Å². The highest BCUT2D eigenvalue weighted by Crippen LogP contribution is 2.62. The van der Waals surface area contributed by atoms with Gasteiger partial charge in [-0.1, -0.05) is 13.0 Å². The van der Waals surface area contributed by atoms with Crippen LogP contribution in [0.3, 0.4) is 0 Å². The maximum absolute atomic E-state index is 13.0. The number of hydrogen-bond acceptors (Lipinski definition) is 4. The highest BCUT2D eigenvalue weighted by molar-refractivity contribution is 5.87. The molecule has 0 N–H and O–H groups in total. The normalized spacial score (nSPS) is 33.6. The van der Waals surface area contributed by atoms with E-state index in [1.165, 1.54) is 18.2 Å². The minimum Gasteiger partial charge on any atom is -0.497 e. The number of fused-ring (bicyclic) bond motifs is 5. The highest BCUT2D eigenvalue weighted by atomic mass is 16.5. The quantitative estimate of drug-likeness (QED) is 0.691. The van der Waals surface area contributed by atoms with Crippen LogP contribution in [0.4, 0.5) is 0 Å². The molecule has 0 saturated heterocycles. The molecule has 1 aromatic carbocycles. The second kappa shape index (κ2) is 7.53. The average molecular weight is 385 g/mol. The van der Waals surface area contributed by atoms with Gasteiger partial charge in [0.1, 0.15) is 11.5 Å². The topological polar surface area (TPSA) is 52.6 Å². The third-order valence-corrected chi connectivity index (χ3v) is 7.96. The lowest BCUT2D eigenvalue weighted by Gasteiger charge is -2.50. The van der Waals surface area contributed by atoms with E-state index in [0.717, 1.165) is 44.3 Å². The second-order valence-corrected chi connectivity index (χ2v) is 9.21. The van der Waals surface area contributed by atoms with E-state index < -0.39 is 0 Å². The fraction of sp³-hybridized carbons (Fsp3) is 0.667. The van der Waals surface area contributed by atoms with Gasteiger partial charge in [-0.2, -0.15) is 0 Å². The van der Waals surface area contributed by atoms with Gasteiger partial charge in [-0.15, -0.1) is 0 Å². The zero-order valence-electron chi connectivity index (χ0n) is 17.3. The lowest BCUT2D eigenvalue weighted by Crippen LogP contribution is -2.44. The number of carbonyl (C=O) groups is 2. The van der Waals surface area contributed by atoms with Crippen molar-refractivity contribution in [1.82, 2.24) is 0 Å². The molecule has 3 aliphatic rings. The van der Waals surface area contributed by atoms with Gasteiger partial charge in [0, 0.05) is 18.3 Å². The Morgan fingerprint density at radius 1 is 1.25 bits per heavy atom. The summed E-state index contributed by atoms with van der Waals surface area (Å²) in [5.41, 5.74) is 2.74. The van der Waals surface area contributed by atoms with Crippen molar-refractivity contribution in [3.05, 3.63) is 29.3 Å². The van der Waals surface area contributed by atoms with Crippen molar-refractivity contribution in [1.29, 1.82) is 0 Å². The molecule has 2 saturated carbocycles. The molecule has 0 bridgehead atoms. The first kappa shape index (κ1) is 19.5. The zero-order chi connectivity index (χ0) is 19.9. The lowest BCUT2D eigenvalue weighted by molar-refractivity contribution is -0.140. The molecule has 0 heterocycles. The molecular weight excluding hydrogens is 352 g/mol. The second-order valence-electron chi connectivity index (χ2n) is 9.21. The summed E-state index contributed by atoms with van der Waals surface area (Å²) in [6.07, 6.45) is 7.27. The van der Waals surface area contributed by atoms with Crippen LogP contribution in [0.2, 0.25) is 0 Å². The van der Waals surface area contributed by atoms with Gasteiger partial charge in [-0.3, -0.25) is 9.59 Å². The molecule has 4 nitrogen and oxygen atoms in total. The molecule has 4 heteroatoms. The van der Waals surface area contributed by atoms with E-state index in [1.54, 1.807) is 7.11 Å². The Hall–Kier alpha value is -1.84. The molecule has 0 spiro atoms. The number of ketones is 1. The van der Waals surface area contributed by atoms with Crippen LogP contribution in [0.25, 0.3) is 0 Å². The molecule has 3 unspecified atom stereocenters. The molecule has 0 amide bonds. The third-order valence-electron chi connectivity index (χ3n) is 7.96. The first-order valence-corrected chi connectivity index (χ1v) is 10.7. The number of carbonyl (C=O) groups excluding carboxylic acids is 2. The minimum atomic E-state index is -0.166. The molecule has 3 aliphatic carbocycles. The highest BCUT2D eigenvalue weighted by Gasteiger charge is 2.58. The maximum atomic E-state index is 13.0. The number of esters is 1. The van der Waals surface area contributed by atoms with Crippen LogP contribution in [0.1, 0.15) is 68.9 Å². The summed E-state index contributed by atoms with van der Waals surface area (Å²) in [7, 11) is 3.17. The number of benzene rings is 1. The summed E-state index contributed by atoms with van der Waals surface area (Å²) in [6, 6.07) is 6.55. The Labute approximate surface area is 168 Å². The van der Waals surface area contributed by atoms with Crippen molar-refractivity contribution in [3.63, 3.8) is 0 Å². The smallest absolute Gasteiger partial charge is 0.305 e. The van der Waals surface area contributed by atoms with Crippen molar-refractivity contribution in [2.75, 3.05) is 14.2 Å². The summed E-state index contributed by atoms with van der Waals surface area (Å²) >= 11 is 0. The van der Waals surface area contributed by atoms with E-state index in [0.29, 0.717) is 42.3 Å². The Morgan fingerprint density at radius 2 is 2.07 bits per heavy atom. The van der Waals surface area contributed by atoms with Gasteiger partial charge in [0.15, 0.2) is 0 Å². The van der Waals surface area contributed by atoms with Gasteiger partial charge in [-0.05, 0) is 85.5 Å². The first-order chi connectivity index (χ1) is 13.5. The molecule has 0 radical (unpaired) electrons. The van der Waals surface area contributed by atoms with Gasteiger partial charge < -0.3 is 9.47 Å². The van der Waals surface area contributed by atoms with Gasteiger partial charge in [-0.25, -0.2) is 0 Å². The van der Waals surface area contributed by atoms with E-state index in [-0.39, 0.29) is 11.4 Å². The molecular formula is C24H32O4. The summed E-state index contributed by atoms with van der Waals surface area (Å²) in [4.78, 5) is 24.5. The number of rotatable bonds is 5. The molecule has 28 heavy (non-hydrogen) atoms. The van der Waals surface area contributed by atoms with E-state index in [2.05, 4.69) is 25.1 Å². The number of aryl methyl sites for hydroxylation is 1. The van der Waals surface area contributed by atoms with Gasteiger partial charge >= 0.3 is 5.97 Å². The van der Waals surface area contributed by atoms with Crippen LogP contribution >= 0.6 is 0 Å². The largest absolute Gasteiger partial charge is 0.497 e. The Bertz CT molecular complexity index is 770. The summed E-state index contributed by atoms with van der Waals surface area (Å²) < 4.78 is 10.2. The van der Waals surface area contributed by atoms with Crippen LogP contribution in [0.5, 0.6) is 5.75 Å². The van der Waals surface area contributed by atoms with Gasteiger partial charge in [0.05, 0.1) is 14.2 Å². The number of ether oxygens (including phenoxy) is 2. The maximum Gasteiger partial charge on any atom is 0.305 e. The van der Waals surface area contributed by atoms with Crippen molar-refractivity contribution in [2.24, 2.45) is 23.2 Å². The lowest BCUT2D eigenvalue weighted by atomic mass is 9.54. The van der Waals surface area contributed by atoms with Crippen LogP contribution in [0.15, 0.2) is 18.2 Å². The van der Waals surface area contributed by atoms with Crippen molar-refractivity contribution in [2.45, 2.75) is 64.2 Å². The standard InChI is InChI=1S/C24H32O4/c1-24-12-11-19-18-10-8-17(27-2)13-15(18)7-9-20(19)23(24)16(14-21(24)25)5-4-6-22(26)28-3/h8,10,13,16,19-20,23H,4-7,9,11-12,14H2,1-3H3/t16-,19?,20?,23?,24-/m1/s1. The summed E-state index contributed by atoms with van der Waals surface area (Å²) in [6.45, 7) is 2.22. The molecule has 4 rings (SSSR count). The Balaban J connectivity index is 1.57. The summed E-state index contributed by atoms with van der Waals surface area (Å²) in [5, 5.41) is 0. The average Bonchev–Trinajstić information content (AvgIpc) is 2.97. The Kier molecular flexibility index (Phi) is 5.24. The number of methoxy groups -OCH3 is 2. The van der Waals surface area contributed by atoms with Gasteiger partial charge in [0.2, 0.25) is 0 Å². The van der Waals surface area contributed by atoms with Crippen LogP contribution in [-0.4, -0.2) is 26.0 Å². The van der Waals surface area contributed by atoms with Crippen LogP contribution in [-0.2, 0) is 20.7 Å². The van der Waals surface area contributed by atoms with E-state index in [1.807, 2.05) is 0 Å². The summed E-state index contributed by atoms with van der Waals surface area (Å²) in [5.74, 6) is 3.25. The van der Waals surface area contributed by atoms with Crippen molar-refractivity contribution >= 4 is 11.8 Å². The van der Waals surface area contributed by atoms with Crippen molar-refractivity contribution < 1.29 is 19.1 Å². The predicted molar refractivity (Wildman–Crippen MR) is 107 cm³/mol. The predicted octanol–water partition coefficient (Wildman–Crippen LogP) is 4.69. The molecule has 1 aromatic rings. The molecule has 5 atom stereocenters. The SMILES string of the molecule is COC(=O)CCC[C@@H]1CC(=O)[C@@]2(C)CCC3c4ccc(OC)cc4CCC3C12. The molecule has 2 fully saturated rings. The van der Waals surface area contributed by atoms with Crippen LogP contribution in [0, 0.1) is 23.2 Å². The monoisotopic (exact) mass is 384 g/mol. The fourth-order valence-corrected chi connectivity index (χ4v) is 6.62. The first-order valence-electron chi connectivity index (χ1n) is 10.7. The minimum absolute atomic E-state index is 0.144. The molecule has 152 valence electrons. The Morgan fingerprint density at radius 3 is 2.82 bits per heavy atom.